The first kappa shape index (κ1) is 11.2. The molecule has 2 fully saturated rings. The lowest BCUT2D eigenvalue weighted by Crippen LogP contribution is -2.38. The number of aromatic nitrogens is 3. The molecule has 2 aliphatic rings. The van der Waals surface area contributed by atoms with Gasteiger partial charge in [0.25, 0.3) is 0 Å². The molecule has 2 atom stereocenters. The second-order valence-corrected chi connectivity index (χ2v) is 5.60. The molecule has 2 saturated heterocycles. The molecule has 4 nitrogen and oxygen atoms in total. The summed E-state index contributed by atoms with van der Waals surface area (Å²) in [6.07, 6.45) is 7.44. The van der Waals surface area contributed by atoms with E-state index in [1.807, 2.05) is 11.7 Å². The molecule has 0 amide bonds. The first-order chi connectivity index (χ1) is 8.24. The predicted octanol–water partition coefficient (Wildman–Crippen LogP) is 1.45. The Morgan fingerprint density at radius 1 is 1.29 bits per heavy atom. The molecule has 1 aromatic heterocycles. The largest absolute Gasteiger partial charge is 0.311 e. The van der Waals surface area contributed by atoms with Crippen molar-refractivity contribution < 1.29 is 0 Å². The quantitative estimate of drug-likeness (QED) is 0.861. The van der Waals surface area contributed by atoms with Crippen LogP contribution in [-0.4, -0.2) is 26.8 Å². The fourth-order valence-corrected chi connectivity index (χ4v) is 3.40. The number of aryl methyl sites for hydroxylation is 2. The fourth-order valence-electron chi connectivity index (χ4n) is 3.40. The minimum absolute atomic E-state index is 0.776. The Bertz CT molecular complexity index is 386. The van der Waals surface area contributed by atoms with Gasteiger partial charge in [0, 0.05) is 32.0 Å². The van der Waals surface area contributed by atoms with Gasteiger partial charge in [0.15, 0.2) is 5.82 Å². The predicted molar refractivity (Wildman–Crippen MR) is 66.8 cm³/mol. The highest BCUT2D eigenvalue weighted by atomic mass is 15.3. The molecule has 3 rings (SSSR count). The molecule has 94 valence electrons. The van der Waals surface area contributed by atoms with E-state index >= 15 is 0 Å². The maximum absolute atomic E-state index is 4.62. The van der Waals surface area contributed by atoms with E-state index in [2.05, 4.69) is 22.3 Å². The summed E-state index contributed by atoms with van der Waals surface area (Å²) in [6.45, 7) is 2.11. The lowest BCUT2D eigenvalue weighted by Gasteiger charge is -2.28. The third-order valence-electron chi connectivity index (χ3n) is 4.26. The lowest BCUT2D eigenvalue weighted by atomic mass is 9.89. The maximum Gasteiger partial charge on any atom is 0.150 e. The summed E-state index contributed by atoms with van der Waals surface area (Å²) >= 11 is 0. The van der Waals surface area contributed by atoms with Crippen LogP contribution in [0.25, 0.3) is 0 Å². The van der Waals surface area contributed by atoms with Crippen molar-refractivity contribution in [2.75, 3.05) is 0 Å². The summed E-state index contributed by atoms with van der Waals surface area (Å²) in [5, 5.41) is 8.13. The van der Waals surface area contributed by atoms with Crippen molar-refractivity contribution in [2.45, 2.75) is 57.5 Å². The number of hydrogen-bond acceptors (Lipinski definition) is 3. The summed E-state index contributed by atoms with van der Waals surface area (Å²) in [7, 11) is 2.02. The van der Waals surface area contributed by atoms with Gasteiger partial charge in [-0.2, -0.15) is 5.10 Å². The van der Waals surface area contributed by atoms with E-state index in [-0.39, 0.29) is 0 Å². The number of rotatable bonds is 3. The second-order valence-electron chi connectivity index (χ2n) is 5.60. The molecule has 2 aliphatic heterocycles. The average Bonchev–Trinajstić information content (AvgIpc) is 2.83. The molecule has 2 bridgehead atoms. The van der Waals surface area contributed by atoms with E-state index in [1.165, 1.54) is 31.5 Å². The topological polar surface area (TPSA) is 42.7 Å². The Hall–Kier alpha value is -0.900. The standard InChI is InChI=1S/C13H22N4/c1-3-12-15-13(17(2)16-12)8-9-6-10-4-5-11(7-9)14-10/h9-11,14H,3-8H2,1-2H3. The SMILES string of the molecule is CCc1nc(CC2CC3CCC(C2)N3)n(C)n1. The van der Waals surface area contributed by atoms with E-state index in [0.29, 0.717) is 0 Å². The van der Waals surface area contributed by atoms with E-state index in [4.69, 9.17) is 0 Å². The molecule has 0 aromatic carbocycles. The van der Waals surface area contributed by atoms with Crippen molar-refractivity contribution in [1.29, 1.82) is 0 Å². The zero-order chi connectivity index (χ0) is 11.8. The second kappa shape index (κ2) is 4.41. The molecule has 3 heterocycles. The Morgan fingerprint density at radius 2 is 2.00 bits per heavy atom. The summed E-state index contributed by atoms with van der Waals surface area (Å²) < 4.78 is 1.97. The molecular weight excluding hydrogens is 212 g/mol. The van der Waals surface area contributed by atoms with Gasteiger partial charge in [-0.05, 0) is 31.6 Å². The van der Waals surface area contributed by atoms with Crippen molar-refractivity contribution in [3.63, 3.8) is 0 Å². The third kappa shape index (κ3) is 2.23. The molecule has 0 radical (unpaired) electrons. The first-order valence-electron chi connectivity index (χ1n) is 6.89. The van der Waals surface area contributed by atoms with E-state index < -0.39 is 0 Å². The van der Waals surface area contributed by atoms with E-state index in [9.17, 15) is 0 Å². The van der Waals surface area contributed by atoms with Crippen LogP contribution >= 0.6 is 0 Å². The van der Waals surface area contributed by atoms with Crippen LogP contribution in [0.15, 0.2) is 0 Å². The fraction of sp³-hybridized carbons (Fsp3) is 0.846. The van der Waals surface area contributed by atoms with E-state index in [0.717, 1.165) is 36.7 Å². The lowest BCUT2D eigenvalue weighted by molar-refractivity contribution is 0.293. The Kier molecular flexibility index (Phi) is 2.90. The molecule has 2 unspecified atom stereocenters. The van der Waals surface area contributed by atoms with Gasteiger partial charge in [0.1, 0.15) is 5.82 Å². The summed E-state index contributed by atoms with van der Waals surface area (Å²) in [6, 6.07) is 1.55. The van der Waals surface area contributed by atoms with Gasteiger partial charge in [-0.3, -0.25) is 4.68 Å². The van der Waals surface area contributed by atoms with Gasteiger partial charge in [-0.15, -0.1) is 0 Å². The van der Waals surface area contributed by atoms with Gasteiger partial charge < -0.3 is 5.32 Å². The van der Waals surface area contributed by atoms with E-state index in [1.54, 1.807) is 0 Å². The van der Waals surface area contributed by atoms with Crippen molar-refractivity contribution in [1.82, 2.24) is 20.1 Å². The Morgan fingerprint density at radius 3 is 2.59 bits per heavy atom. The Balaban J connectivity index is 1.68. The Labute approximate surface area is 103 Å². The van der Waals surface area contributed by atoms with Crippen molar-refractivity contribution >= 4 is 0 Å². The summed E-state index contributed by atoms with van der Waals surface area (Å²) in [4.78, 5) is 4.62. The van der Waals surface area contributed by atoms with Crippen LogP contribution in [0, 0.1) is 5.92 Å². The summed E-state index contributed by atoms with van der Waals surface area (Å²) in [5.74, 6) is 2.97. The molecule has 0 saturated carbocycles. The number of fused-ring (bicyclic) bond motifs is 2. The number of nitrogens with one attached hydrogen (secondary N) is 1. The van der Waals surface area contributed by atoms with Crippen LogP contribution < -0.4 is 5.32 Å². The highest BCUT2D eigenvalue weighted by Gasteiger charge is 2.33. The van der Waals surface area contributed by atoms with Gasteiger partial charge in [0.2, 0.25) is 0 Å². The normalized spacial score (nSPS) is 32.0. The van der Waals surface area contributed by atoms with Gasteiger partial charge >= 0.3 is 0 Å². The zero-order valence-electron chi connectivity index (χ0n) is 10.8. The van der Waals surface area contributed by atoms with Gasteiger partial charge in [0.05, 0.1) is 0 Å². The highest BCUT2D eigenvalue weighted by molar-refractivity contribution is 4.98. The molecule has 17 heavy (non-hydrogen) atoms. The zero-order valence-corrected chi connectivity index (χ0v) is 10.8. The van der Waals surface area contributed by atoms with Crippen molar-refractivity contribution in [3.8, 4) is 0 Å². The molecular formula is C13H22N4. The number of hydrogen-bond donors (Lipinski definition) is 1. The maximum atomic E-state index is 4.62. The number of piperidine rings is 1. The highest BCUT2D eigenvalue weighted by Crippen LogP contribution is 2.32. The molecule has 1 aromatic rings. The van der Waals surface area contributed by atoms with Crippen LogP contribution in [0.2, 0.25) is 0 Å². The van der Waals surface area contributed by atoms with Crippen LogP contribution in [0.1, 0.15) is 44.3 Å². The number of nitrogens with zero attached hydrogens (tertiary/aromatic N) is 3. The first-order valence-corrected chi connectivity index (χ1v) is 6.89. The van der Waals surface area contributed by atoms with Crippen LogP contribution in [0.5, 0.6) is 0 Å². The molecule has 0 aliphatic carbocycles. The van der Waals surface area contributed by atoms with Gasteiger partial charge in [-0.25, -0.2) is 4.98 Å². The van der Waals surface area contributed by atoms with Crippen LogP contribution in [-0.2, 0) is 19.9 Å². The smallest absolute Gasteiger partial charge is 0.150 e. The van der Waals surface area contributed by atoms with Crippen LogP contribution in [0.3, 0.4) is 0 Å². The molecule has 4 heteroatoms. The monoisotopic (exact) mass is 234 g/mol. The molecule has 1 N–H and O–H groups in total. The van der Waals surface area contributed by atoms with Gasteiger partial charge in [-0.1, -0.05) is 6.92 Å². The van der Waals surface area contributed by atoms with Crippen molar-refractivity contribution in [2.24, 2.45) is 13.0 Å². The minimum atomic E-state index is 0.776. The molecule has 0 spiro atoms. The third-order valence-corrected chi connectivity index (χ3v) is 4.26. The minimum Gasteiger partial charge on any atom is -0.311 e. The van der Waals surface area contributed by atoms with Crippen molar-refractivity contribution in [3.05, 3.63) is 11.6 Å². The van der Waals surface area contributed by atoms with Crippen LogP contribution in [0.4, 0.5) is 0 Å². The average molecular weight is 234 g/mol. The summed E-state index contributed by atoms with van der Waals surface area (Å²) in [5.41, 5.74) is 0.